The molecule has 4 heteroatoms. The molecule has 1 aromatic carbocycles. The minimum Gasteiger partial charge on any atom is -0.350 e. The summed E-state index contributed by atoms with van der Waals surface area (Å²) >= 11 is 0. The van der Waals surface area contributed by atoms with Crippen molar-refractivity contribution >= 4 is 5.91 Å². The van der Waals surface area contributed by atoms with E-state index in [4.69, 9.17) is 0 Å². The van der Waals surface area contributed by atoms with Crippen molar-refractivity contribution in [3.63, 3.8) is 0 Å². The van der Waals surface area contributed by atoms with E-state index in [0.717, 1.165) is 12.1 Å². The van der Waals surface area contributed by atoms with E-state index in [1.54, 1.807) is 12.3 Å². The number of hydrogen-bond acceptors (Lipinski definition) is 3. The summed E-state index contributed by atoms with van der Waals surface area (Å²) in [6.07, 6.45) is 2.52. The van der Waals surface area contributed by atoms with E-state index in [2.05, 4.69) is 27.3 Å². The Morgan fingerprint density at radius 1 is 1.18 bits per heavy atom. The summed E-state index contributed by atoms with van der Waals surface area (Å²) in [7, 11) is 4.07. The average molecular weight is 297 g/mol. The largest absolute Gasteiger partial charge is 0.350 e. The second kappa shape index (κ2) is 7.71. The number of nitrogens with zero attached hydrogens (tertiary/aromatic N) is 2. The van der Waals surface area contributed by atoms with Crippen molar-refractivity contribution in [2.45, 2.75) is 19.4 Å². The van der Waals surface area contributed by atoms with Gasteiger partial charge in [0.2, 0.25) is 0 Å². The number of nitrogens with one attached hydrogen (secondary N) is 1. The average Bonchev–Trinajstić information content (AvgIpc) is 2.52. The van der Waals surface area contributed by atoms with Gasteiger partial charge in [0.05, 0.1) is 5.56 Å². The van der Waals surface area contributed by atoms with Gasteiger partial charge in [0.15, 0.2) is 0 Å². The van der Waals surface area contributed by atoms with Crippen LogP contribution in [0.5, 0.6) is 0 Å². The molecule has 1 aromatic heterocycles. The summed E-state index contributed by atoms with van der Waals surface area (Å²) in [4.78, 5) is 18.5. The summed E-state index contributed by atoms with van der Waals surface area (Å²) in [5, 5.41) is 3.00. The van der Waals surface area contributed by atoms with E-state index in [-0.39, 0.29) is 11.9 Å². The highest BCUT2D eigenvalue weighted by Crippen LogP contribution is 2.07. The van der Waals surface area contributed by atoms with Gasteiger partial charge in [0.25, 0.3) is 5.91 Å². The smallest absolute Gasteiger partial charge is 0.252 e. The van der Waals surface area contributed by atoms with Crippen LogP contribution in [0.4, 0.5) is 0 Å². The first kappa shape index (κ1) is 16.2. The molecule has 0 saturated carbocycles. The number of pyridine rings is 1. The molecule has 0 saturated heterocycles. The lowest BCUT2D eigenvalue weighted by atomic mass is 10.1. The Kier molecular flexibility index (Phi) is 5.67. The van der Waals surface area contributed by atoms with Crippen LogP contribution in [0.15, 0.2) is 48.7 Å². The molecule has 0 fully saturated rings. The quantitative estimate of drug-likeness (QED) is 0.890. The lowest BCUT2D eigenvalue weighted by Gasteiger charge is -2.24. The number of benzene rings is 1. The van der Waals surface area contributed by atoms with Gasteiger partial charge in [-0.2, -0.15) is 0 Å². The van der Waals surface area contributed by atoms with E-state index in [1.165, 1.54) is 5.56 Å². The van der Waals surface area contributed by atoms with Crippen LogP contribution in [0.1, 0.15) is 21.6 Å². The van der Waals surface area contributed by atoms with Gasteiger partial charge in [-0.3, -0.25) is 9.78 Å². The molecule has 1 amide bonds. The maximum atomic E-state index is 12.2. The third-order valence-corrected chi connectivity index (χ3v) is 3.72. The van der Waals surface area contributed by atoms with Crippen LogP contribution in [0.25, 0.3) is 0 Å². The molecule has 1 heterocycles. The molecule has 0 spiro atoms. The minimum atomic E-state index is -0.0765. The topological polar surface area (TPSA) is 45.2 Å². The van der Waals surface area contributed by atoms with E-state index < -0.39 is 0 Å². The molecule has 22 heavy (non-hydrogen) atoms. The standard InChI is InChI=1S/C18H23N3O/c1-14-9-10-16(12-19-14)18(22)20-13-17(21(2)3)11-15-7-5-4-6-8-15/h4-10,12,17H,11,13H2,1-3H3,(H,20,22). The van der Waals surface area contributed by atoms with Crippen LogP contribution in [0, 0.1) is 6.92 Å². The van der Waals surface area contributed by atoms with Gasteiger partial charge >= 0.3 is 0 Å². The molecule has 0 aliphatic carbocycles. The highest BCUT2D eigenvalue weighted by atomic mass is 16.1. The highest BCUT2D eigenvalue weighted by molar-refractivity contribution is 5.93. The molecule has 116 valence electrons. The molecule has 4 nitrogen and oxygen atoms in total. The van der Waals surface area contributed by atoms with Gasteiger partial charge < -0.3 is 10.2 Å². The van der Waals surface area contributed by atoms with Crippen LogP contribution in [0.3, 0.4) is 0 Å². The fourth-order valence-corrected chi connectivity index (χ4v) is 2.24. The van der Waals surface area contributed by atoms with Crippen molar-refractivity contribution in [2.24, 2.45) is 0 Å². The number of carbonyl (C=O) groups is 1. The zero-order valence-electron chi connectivity index (χ0n) is 13.4. The Morgan fingerprint density at radius 2 is 1.91 bits per heavy atom. The summed E-state index contributed by atoms with van der Waals surface area (Å²) in [6.45, 7) is 2.51. The van der Waals surface area contributed by atoms with Crippen molar-refractivity contribution in [2.75, 3.05) is 20.6 Å². The number of rotatable bonds is 6. The summed E-state index contributed by atoms with van der Waals surface area (Å²) in [5.74, 6) is -0.0765. The molecule has 1 atom stereocenters. The van der Waals surface area contributed by atoms with Crippen molar-refractivity contribution in [1.82, 2.24) is 15.2 Å². The minimum absolute atomic E-state index is 0.0765. The lowest BCUT2D eigenvalue weighted by molar-refractivity contribution is 0.0941. The second-order valence-corrected chi connectivity index (χ2v) is 5.71. The van der Waals surface area contributed by atoms with Crippen LogP contribution < -0.4 is 5.32 Å². The summed E-state index contributed by atoms with van der Waals surface area (Å²) in [6, 6.07) is 14.2. The number of aromatic nitrogens is 1. The zero-order chi connectivity index (χ0) is 15.9. The fraction of sp³-hybridized carbons (Fsp3) is 0.333. The molecule has 0 radical (unpaired) electrons. The monoisotopic (exact) mass is 297 g/mol. The molecule has 1 unspecified atom stereocenters. The summed E-state index contributed by atoms with van der Waals surface area (Å²) < 4.78 is 0. The molecule has 2 aromatic rings. The first-order valence-electron chi connectivity index (χ1n) is 7.47. The van der Waals surface area contributed by atoms with Gasteiger partial charge in [-0.25, -0.2) is 0 Å². The Hall–Kier alpha value is -2.20. The van der Waals surface area contributed by atoms with Crippen molar-refractivity contribution in [3.05, 3.63) is 65.5 Å². The Balaban J connectivity index is 1.94. The van der Waals surface area contributed by atoms with Crippen LogP contribution in [0.2, 0.25) is 0 Å². The van der Waals surface area contributed by atoms with Gasteiger partial charge in [-0.05, 0) is 45.1 Å². The predicted molar refractivity (Wildman–Crippen MR) is 88.9 cm³/mol. The highest BCUT2D eigenvalue weighted by Gasteiger charge is 2.14. The van der Waals surface area contributed by atoms with Gasteiger partial charge in [-0.1, -0.05) is 30.3 Å². The van der Waals surface area contributed by atoms with Crippen LogP contribution >= 0.6 is 0 Å². The number of aryl methyl sites for hydroxylation is 1. The molecule has 0 bridgehead atoms. The molecular formula is C18H23N3O. The number of hydrogen-bond donors (Lipinski definition) is 1. The van der Waals surface area contributed by atoms with Crippen LogP contribution in [-0.2, 0) is 6.42 Å². The van der Waals surface area contributed by atoms with Crippen molar-refractivity contribution in [1.29, 1.82) is 0 Å². The fourth-order valence-electron chi connectivity index (χ4n) is 2.24. The van der Waals surface area contributed by atoms with E-state index in [1.807, 2.05) is 45.3 Å². The molecular weight excluding hydrogens is 274 g/mol. The Morgan fingerprint density at radius 3 is 2.50 bits per heavy atom. The third kappa shape index (κ3) is 4.67. The molecule has 1 N–H and O–H groups in total. The van der Waals surface area contributed by atoms with E-state index >= 15 is 0 Å². The number of amides is 1. The third-order valence-electron chi connectivity index (χ3n) is 3.72. The number of carbonyl (C=O) groups excluding carboxylic acids is 1. The van der Waals surface area contributed by atoms with Crippen LogP contribution in [-0.4, -0.2) is 42.5 Å². The maximum Gasteiger partial charge on any atom is 0.252 e. The first-order chi connectivity index (χ1) is 10.6. The Labute approximate surface area is 132 Å². The van der Waals surface area contributed by atoms with Crippen molar-refractivity contribution < 1.29 is 4.79 Å². The number of likely N-dealkylation sites (N-methyl/N-ethyl adjacent to an activating group) is 1. The van der Waals surface area contributed by atoms with E-state index in [0.29, 0.717) is 12.1 Å². The van der Waals surface area contributed by atoms with Gasteiger partial charge in [0, 0.05) is 24.5 Å². The Bertz CT molecular complexity index is 593. The normalized spacial score (nSPS) is 12.2. The lowest BCUT2D eigenvalue weighted by Crippen LogP contribution is -2.41. The van der Waals surface area contributed by atoms with Gasteiger partial charge in [0.1, 0.15) is 0 Å². The van der Waals surface area contributed by atoms with Crippen molar-refractivity contribution in [3.8, 4) is 0 Å². The summed E-state index contributed by atoms with van der Waals surface area (Å²) in [5.41, 5.74) is 2.78. The SMILES string of the molecule is Cc1ccc(C(=O)NCC(Cc2ccccc2)N(C)C)cn1. The van der Waals surface area contributed by atoms with E-state index in [9.17, 15) is 4.79 Å². The molecule has 2 rings (SSSR count). The zero-order valence-corrected chi connectivity index (χ0v) is 13.4. The predicted octanol–water partition coefficient (Wildman–Crippen LogP) is 2.29. The molecule has 0 aliphatic rings. The molecule has 0 aliphatic heterocycles. The van der Waals surface area contributed by atoms with Gasteiger partial charge in [-0.15, -0.1) is 0 Å². The second-order valence-electron chi connectivity index (χ2n) is 5.71. The first-order valence-corrected chi connectivity index (χ1v) is 7.47. The maximum absolute atomic E-state index is 12.2.